The third-order valence-electron chi connectivity index (χ3n) is 3.08. The second-order valence-corrected chi connectivity index (χ2v) is 6.25. The van der Waals surface area contributed by atoms with Crippen molar-refractivity contribution in [2.75, 3.05) is 11.9 Å². The molecule has 0 bridgehead atoms. The zero-order valence-corrected chi connectivity index (χ0v) is 13.6. The molecule has 0 atom stereocenters. The Kier molecular flexibility index (Phi) is 4.38. The van der Waals surface area contributed by atoms with E-state index in [2.05, 4.69) is 15.4 Å². The number of hydrogen-bond acceptors (Lipinski definition) is 5. The first-order chi connectivity index (χ1) is 11.1. The van der Waals surface area contributed by atoms with Gasteiger partial charge in [0.05, 0.1) is 5.69 Å². The number of carbonyl (C=O) groups is 1. The molecule has 0 aliphatic rings. The highest BCUT2D eigenvalue weighted by Crippen LogP contribution is 2.19. The largest absolute Gasteiger partial charge is 0.466 e. The number of rotatable bonds is 5. The molecule has 2 aromatic heterocycles. The lowest BCUT2D eigenvalue weighted by Crippen LogP contribution is -2.20. The average Bonchev–Trinajstić information content (AvgIpc) is 3.12. The molecule has 0 aliphatic heterocycles. The molecule has 3 rings (SSSR count). The second kappa shape index (κ2) is 6.62. The third kappa shape index (κ3) is 3.75. The Bertz CT molecular complexity index is 811. The number of nitrogens with zero attached hydrogens (tertiary/aromatic N) is 3. The number of thiazole rings is 1. The number of ether oxygens (including phenoxy) is 1. The SMILES string of the molecule is Cc1cnc(NC(=O)COc2nn(-c3ccccc3)cc2C)s1. The van der Waals surface area contributed by atoms with Crippen LogP contribution in [0.15, 0.2) is 42.7 Å². The Labute approximate surface area is 137 Å². The predicted octanol–water partition coefficient (Wildman–Crippen LogP) is 2.96. The smallest absolute Gasteiger partial charge is 0.264 e. The molecule has 0 saturated heterocycles. The molecule has 1 amide bonds. The standard InChI is InChI=1S/C16H16N4O2S/c1-11-9-20(13-6-4-3-5-7-13)19-15(11)22-10-14(21)18-16-17-8-12(2)23-16/h3-9H,10H2,1-2H3,(H,17,18,21). The highest BCUT2D eigenvalue weighted by molar-refractivity contribution is 7.15. The summed E-state index contributed by atoms with van der Waals surface area (Å²) in [5.41, 5.74) is 1.81. The summed E-state index contributed by atoms with van der Waals surface area (Å²) in [6.45, 7) is 3.72. The first kappa shape index (κ1) is 15.2. The van der Waals surface area contributed by atoms with Crippen LogP contribution in [-0.4, -0.2) is 27.3 Å². The molecule has 6 nitrogen and oxygen atoms in total. The van der Waals surface area contributed by atoms with Crippen LogP contribution in [0.3, 0.4) is 0 Å². The Morgan fingerprint density at radius 3 is 2.78 bits per heavy atom. The summed E-state index contributed by atoms with van der Waals surface area (Å²) >= 11 is 1.42. The summed E-state index contributed by atoms with van der Waals surface area (Å²) < 4.78 is 7.24. The van der Waals surface area contributed by atoms with E-state index >= 15 is 0 Å². The van der Waals surface area contributed by atoms with E-state index in [4.69, 9.17) is 4.74 Å². The number of aromatic nitrogens is 3. The lowest BCUT2D eigenvalue weighted by Gasteiger charge is -2.04. The highest BCUT2D eigenvalue weighted by atomic mass is 32.1. The Morgan fingerprint density at radius 2 is 2.09 bits per heavy atom. The van der Waals surface area contributed by atoms with Crippen LogP contribution in [0.4, 0.5) is 5.13 Å². The van der Waals surface area contributed by atoms with E-state index in [1.54, 1.807) is 10.9 Å². The minimum absolute atomic E-state index is 0.106. The van der Waals surface area contributed by atoms with Gasteiger partial charge in [0.2, 0.25) is 5.88 Å². The monoisotopic (exact) mass is 328 g/mol. The molecule has 23 heavy (non-hydrogen) atoms. The van der Waals surface area contributed by atoms with Gasteiger partial charge < -0.3 is 4.74 Å². The molecular formula is C16H16N4O2S. The van der Waals surface area contributed by atoms with Crippen LogP contribution < -0.4 is 10.1 Å². The van der Waals surface area contributed by atoms with E-state index in [1.165, 1.54) is 11.3 Å². The fraction of sp³-hybridized carbons (Fsp3) is 0.188. The van der Waals surface area contributed by atoms with Crippen LogP contribution >= 0.6 is 11.3 Å². The van der Waals surface area contributed by atoms with Gasteiger partial charge in [-0.15, -0.1) is 16.4 Å². The predicted molar refractivity (Wildman–Crippen MR) is 89.3 cm³/mol. The van der Waals surface area contributed by atoms with Crippen molar-refractivity contribution >= 4 is 22.4 Å². The quantitative estimate of drug-likeness (QED) is 0.782. The number of benzene rings is 1. The molecule has 0 radical (unpaired) electrons. The average molecular weight is 328 g/mol. The molecule has 2 heterocycles. The van der Waals surface area contributed by atoms with Crippen molar-refractivity contribution in [1.82, 2.24) is 14.8 Å². The van der Waals surface area contributed by atoms with Gasteiger partial charge in [-0.2, -0.15) is 0 Å². The van der Waals surface area contributed by atoms with Crippen molar-refractivity contribution in [3.05, 3.63) is 53.2 Å². The van der Waals surface area contributed by atoms with Crippen LogP contribution in [0.2, 0.25) is 0 Å². The number of aryl methyl sites for hydroxylation is 2. The minimum Gasteiger partial charge on any atom is -0.466 e. The molecule has 0 saturated carbocycles. The van der Waals surface area contributed by atoms with Gasteiger partial charge >= 0.3 is 0 Å². The fourth-order valence-electron chi connectivity index (χ4n) is 2.00. The number of nitrogens with one attached hydrogen (secondary N) is 1. The number of amides is 1. The minimum atomic E-state index is -0.256. The van der Waals surface area contributed by atoms with Crippen molar-refractivity contribution in [2.45, 2.75) is 13.8 Å². The molecule has 0 unspecified atom stereocenters. The molecule has 118 valence electrons. The van der Waals surface area contributed by atoms with Gasteiger partial charge in [0.25, 0.3) is 5.91 Å². The van der Waals surface area contributed by atoms with Crippen LogP contribution in [0.1, 0.15) is 10.4 Å². The van der Waals surface area contributed by atoms with Crippen LogP contribution in [0.5, 0.6) is 5.88 Å². The number of hydrogen-bond donors (Lipinski definition) is 1. The van der Waals surface area contributed by atoms with E-state index in [1.807, 2.05) is 50.4 Å². The number of para-hydroxylation sites is 1. The summed E-state index contributed by atoms with van der Waals surface area (Å²) in [7, 11) is 0. The van der Waals surface area contributed by atoms with Crippen LogP contribution in [-0.2, 0) is 4.79 Å². The van der Waals surface area contributed by atoms with Gasteiger partial charge in [-0.05, 0) is 26.0 Å². The van der Waals surface area contributed by atoms with Gasteiger partial charge in [-0.25, -0.2) is 9.67 Å². The maximum absolute atomic E-state index is 11.9. The lowest BCUT2D eigenvalue weighted by molar-refractivity contribution is -0.118. The summed E-state index contributed by atoms with van der Waals surface area (Å²) in [6, 6.07) is 9.73. The maximum Gasteiger partial charge on any atom is 0.264 e. The molecule has 0 aliphatic carbocycles. The van der Waals surface area contributed by atoms with Crippen LogP contribution in [0, 0.1) is 13.8 Å². The Hall–Kier alpha value is -2.67. The third-order valence-corrected chi connectivity index (χ3v) is 3.91. The zero-order valence-electron chi connectivity index (χ0n) is 12.8. The van der Waals surface area contributed by atoms with Gasteiger partial charge in [0.1, 0.15) is 0 Å². The first-order valence-corrected chi connectivity index (χ1v) is 7.90. The molecule has 0 spiro atoms. The van der Waals surface area contributed by atoms with E-state index < -0.39 is 0 Å². The fourth-order valence-corrected chi connectivity index (χ4v) is 2.68. The van der Waals surface area contributed by atoms with Gasteiger partial charge in [-0.3, -0.25) is 10.1 Å². The number of carbonyl (C=O) groups excluding carboxylic acids is 1. The molecule has 0 fully saturated rings. The van der Waals surface area contributed by atoms with E-state index in [9.17, 15) is 4.79 Å². The van der Waals surface area contributed by atoms with Gasteiger partial charge in [0.15, 0.2) is 11.7 Å². The van der Waals surface area contributed by atoms with Gasteiger partial charge in [0, 0.05) is 22.8 Å². The topological polar surface area (TPSA) is 69.0 Å². The van der Waals surface area contributed by atoms with Crippen molar-refractivity contribution in [1.29, 1.82) is 0 Å². The highest BCUT2D eigenvalue weighted by Gasteiger charge is 2.11. The van der Waals surface area contributed by atoms with Crippen molar-refractivity contribution < 1.29 is 9.53 Å². The maximum atomic E-state index is 11.9. The summed E-state index contributed by atoms with van der Waals surface area (Å²) in [4.78, 5) is 17.0. The second-order valence-electron chi connectivity index (χ2n) is 5.01. The van der Waals surface area contributed by atoms with Gasteiger partial charge in [-0.1, -0.05) is 18.2 Å². The zero-order chi connectivity index (χ0) is 16.2. The van der Waals surface area contributed by atoms with Crippen LogP contribution in [0.25, 0.3) is 5.69 Å². The lowest BCUT2D eigenvalue weighted by atomic mass is 10.3. The molecule has 1 N–H and O–H groups in total. The molecule has 1 aromatic carbocycles. The van der Waals surface area contributed by atoms with E-state index in [0.717, 1.165) is 16.1 Å². The van der Waals surface area contributed by atoms with Crippen molar-refractivity contribution in [2.24, 2.45) is 0 Å². The van der Waals surface area contributed by atoms with Crippen molar-refractivity contribution in [3.8, 4) is 11.6 Å². The summed E-state index contributed by atoms with van der Waals surface area (Å²) in [5, 5.41) is 7.64. The molecule has 7 heteroatoms. The van der Waals surface area contributed by atoms with E-state index in [-0.39, 0.29) is 12.5 Å². The molecule has 3 aromatic rings. The van der Waals surface area contributed by atoms with E-state index in [0.29, 0.717) is 11.0 Å². The number of anilines is 1. The Morgan fingerprint density at radius 1 is 1.30 bits per heavy atom. The first-order valence-electron chi connectivity index (χ1n) is 7.08. The summed E-state index contributed by atoms with van der Waals surface area (Å²) in [6.07, 6.45) is 3.58. The molecular weight excluding hydrogens is 312 g/mol. The summed E-state index contributed by atoms with van der Waals surface area (Å²) in [5.74, 6) is 0.187. The normalized spacial score (nSPS) is 10.5. The Balaban J connectivity index is 1.62. The van der Waals surface area contributed by atoms with Crippen molar-refractivity contribution in [3.63, 3.8) is 0 Å².